The minimum absolute atomic E-state index is 0.0139. The van der Waals surface area contributed by atoms with Crippen molar-refractivity contribution < 1.29 is 23.8 Å². The molecule has 0 radical (unpaired) electrons. The number of esters is 1. The van der Waals surface area contributed by atoms with Crippen molar-refractivity contribution in [3.05, 3.63) is 35.9 Å². The fourth-order valence-electron chi connectivity index (χ4n) is 2.14. The highest BCUT2D eigenvalue weighted by atomic mass is 16.7. The lowest BCUT2D eigenvalue weighted by atomic mass is 9.93. The molecule has 1 rings (SSSR count). The molecule has 22 heavy (non-hydrogen) atoms. The molecule has 0 saturated carbocycles. The van der Waals surface area contributed by atoms with Crippen molar-refractivity contribution in [2.24, 2.45) is 0 Å². The van der Waals surface area contributed by atoms with Crippen LogP contribution in [0.5, 0.6) is 0 Å². The quantitative estimate of drug-likeness (QED) is 0.378. The van der Waals surface area contributed by atoms with Gasteiger partial charge in [-0.25, -0.2) is 0 Å². The highest BCUT2D eigenvalue weighted by Gasteiger charge is 2.31. The molecule has 0 N–H and O–H groups in total. The Hall–Kier alpha value is -1.72. The molecule has 1 aromatic rings. The van der Waals surface area contributed by atoms with Crippen molar-refractivity contribution in [1.29, 1.82) is 0 Å². The average molecular weight is 308 g/mol. The van der Waals surface area contributed by atoms with Crippen LogP contribution in [0.3, 0.4) is 0 Å². The molecule has 0 aliphatic heterocycles. The summed E-state index contributed by atoms with van der Waals surface area (Å²) in [6, 6.07) is 8.90. The molecular formula is C17H24O5. The molecule has 122 valence electrons. The van der Waals surface area contributed by atoms with Crippen LogP contribution in [0.15, 0.2) is 30.3 Å². The maximum atomic E-state index is 12.6. The second kappa shape index (κ2) is 10.1. The highest BCUT2D eigenvalue weighted by molar-refractivity contribution is 6.04. The summed E-state index contributed by atoms with van der Waals surface area (Å²) in [6.45, 7) is 6.48. The highest BCUT2D eigenvalue weighted by Crippen LogP contribution is 2.21. The van der Waals surface area contributed by atoms with Crippen LogP contribution in [0.2, 0.25) is 0 Å². The molecule has 0 bridgehead atoms. The van der Waals surface area contributed by atoms with E-state index in [9.17, 15) is 9.59 Å². The van der Waals surface area contributed by atoms with Crippen LogP contribution in [0.25, 0.3) is 0 Å². The molecule has 1 atom stereocenters. The zero-order valence-corrected chi connectivity index (χ0v) is 13.4. The SMILES string of the molecule is CCOC(=O)C(C(=O)CC(OCC)OCC)c1ccccc1. The molecule has 0 fully saturated rings. The standard InChI is InChI=1S/C17H24O5/c1-4-20-15(21-5-2)12-14(18)16(17(19)22-6-3)13-10-8-7-9-11-13/h7-11,15-16H,4-6,12H2,1-3H3. The van der Waals surface area contributed by atoms with E-state index in [2.05, 4.69) is 0 Å². The summed E-state index contributed by atoms with van der Waals surface area (Å²) in [5.74, 6) is -1.74. The fourth-order valence-corrected chi connectivity index (χ4v) is 2.14. The molecule has 5 heteroatoms. The summed E-state index contributed by atoms with van der Waals surface area (Å²) < 4.78 is 15.8. The van der Waals surface area contributed by atoms with Gasteiger partial charge in [0.25, 0.3) is 0 Å². The van der Waals surface area contributed by atoms with Gasteiger partial charge in [-0.3, -0.25) is 9.59 Å². The smallest absolute Gasteiger partial charge is 0.321 e. The predicted octanol–water partition coefficient (Wildman–Crippen LogP) is 2.69. The second-order valence-corrected chi connectivity index (χ2v) is 4.61. The van der Waals surface area contributed by atoms with Gasteiger partial charge in [-0.2, -0.15) is 0 Å². The zero-order chi connectivity index (χ0) is 16.4. The summed E-state index contributed by atoms with van der Waals surface area (Å²) in [5.41, 5.74) is 0.623. The summed E-state index contributed by atoms with van der Waals surface area (Å²) in [4.78, 5) is 24.7. The first kappa shape index (κ1) is 18.3. The van der Waals surface area contributed by atoms with Gasteiger partial charge in [0.05, 0.1) is 13.0 Å². The first-order chi connectivity index (χ1) is 10.6. The Balaban J connectivity index is 2.90. The van der Waals surface area contributed by atoms with Gasteiger partial charge in [0, 0.05) is 13.2 Å². The van der Waals surface area contributed by atoms with Crippen LogP contribution in [-0.2, 0) is 23.8 Å². The molecule has 0 saturated heterocycles. The Bertz CT molecular complexity index is 451. The lowest BCUT2D eigenvalue weighted by Gasteiger charge is -2.20. The summed E-state index contributed by atoms with van der Waals surface area (Å²) >= 11 is 0. The molecule has 5 nitrogen and oxygen atoms in total. The normalized spacial score (nSPS) is 12.2. The van der Waals surface area contributed by atoms with Crippen molar-refractivity contribution in [2.75, 3.05) is 19.8 Å². The third-order valence-electron chi connectivity index (χ3n) is 3.05. The van der Waals surface area contributed by atoms with E-state index in [0.717, 1.165) is 0 Å². The zero-order valence-electron chi connectivity index (χ0n) is 13.4. The number of ketones is 1. The Morgan fingerprint density at radius 2 is 1.55 bits per heavy atom. The lowest BCUT2D eigenvalue weighted by Crippen LogP contribution is -2.29. The van der Waals surface area contributed by atoms with Gasteiger partial charge >= 0.3 is 5.97 Å². The maximum Gasteiger partial charge on any atom is 0.321 e. The number of carbonyl (C=O) groups excluding carboxylic acids is 2. The van der Waals surface area contributed by atoms with Gasteiger partial charge in [0.1, 0.15) is 5.92 Å². The third kappa shape index (κ3) is 5.58. The van der Waals surface area contributed by atoms with E-state index >= 15 is 0 Å². The summed E-state index contributed by atoms with van der Waals surface area (Å²) in [7, 11) is 0. The number of benzene rings is 1. The van der Waals surface area contributed by atoms with Gasteiger partial charge in [-0.05, 0) is 26.3 Å². The molecule has 1 aromatic carbocycles. The number of carbonyl (C=O) groups is 2. The molecule has 0 spiro atoms. The van der Waals surface area contributed by atoms with Crippen LogP contribution in [0.1, 0.15) is 38.7 Å². The molecular weight excluding hydrogens is 284 g/mol. The Labute approximate surface area is 131 Å². The number of rotatable bonds is 10. The first-order valence-electron chi connectivity index (χ1n) is 7.61. The van der Waals surface area contributed by atoms with Crippen LogP contribution >= 0.6 is 0 Å². The third-order valence-corrected chi connectivity index (χ3v) is 3.05. The maximum absolute atomic E-state index is 12.6. The van der Waals surface area contributed by atoms with Crippen LogP contribution < -0.4 is 0 Å². The molecule has 0 heterocycles. The molecule has 0 aliphatic rings. The van der Waals surface area contributed by atoms with Crippen molar-refractivity contribution in [3.8, 4) is 0 Å². The van der Waals surface area contributed by atoms with Crippen molar-refractivity contribution in [1.82, 2.24) is 0 Å². The number of hydrogen-bond acceptors (Lipinski definition) is 5. The number of Topliss-reactive ketones (excluding diaryl/α,β-unsaturated/α-hetero) is 1. The largest absolute Gasteiger partial charge is 0.465 e. The van der Waals surface area contributed by atoms with E-state index in [1.807, 2.05) is 19.9 Å². The van der Waals surface area contributed by atoms with Gasteiger partial charge in [-0.1, -0.05) is 30.3 Å². The average Bonchev–Trinajstić information content (AvgIpc) is 2.49. The minimum Gasteiger partial charge on any atom is -0.465 e. The van der Waals surface area contributed by atoms with Crippen LogP contribution in [0, 0.1) is 0 Å². The van der Waals surface area contributed by atoms with Gasteiger partial charge in [0.2, 0.25) is 0 Å². The first-order valence-corrected chi connectivity index (χ1v) is 7.61. The summed E-state index contributed by atoms with van der Waals surface area (Å²) in [6.07, 6.45) is -0.622. The van der Waals surface area contributed by atoms with E-state index in [4.69, 9.17) is 14.2 Å². The van der Waals surface area contributed by atoms with E-state index in [1.165, 1.54) is 0 Å². The van der Waals surface area contributed by atoms with Crippen molar-refractivity contribution >= 4 is 11.8 Å². The Morgan fingerprint density at radius 3 is 2.05 bits per heavy atom. The van der Waals surface area contributed by atoms with E-state index in [1.54, 1.807) is 31.2 Å². The van der Waals surface area contributed by atoms with E-state index in [-0.39, 0.29) is 18.8 Å². The van der Waals surface area contributed by atoms with E-state index in [0.29, 0.717) is 18.8 Å². The lowest BCUT2D eigenvalue weighted by molar-refractivity contribution is -0.158. The Morgan fingerprint density at radius 1 is 0.955 bits per heavy atom. The minimum atomic E-state index is -0.940. The summed E-state index contributed by atoms with van der Waals surface area (Å²) in [5, 5.41) is 0. The molecule has 0 aliphatic carbocycles. The van der Waals surface area contributed by atoms with Crippen molar-refractivity contribution in [2.45, 2.75) is 39.4 Å². The molecule has 0 amide bonds. The Kier molecular flexibility index (Phi) is 8.40. The van der Waals surface area contributed by atoms with Gasteiger partial charge in [0.15, 0.2) is 12.1 Å². The monoisotopic (exact) mass is 308 g/mol. The van der Waals surface area contributed by atoms with Crippen LogP contribution in [-0.4, -0.2) is 37.9 Å². The fraction of sp³-hybridized carbons (Fsp3) is 0.529. The van der Waals surface area contributed by atoms with E-state index < -0.39 is 18.2 Å². The van der Waals surface area contributed by atoms with Gasteiger partial charge in [-0.15, -0.1) is 0 Å². The van der Waals surface area contributed by atoms with Gasteiger partial charge < -0.3 is 14.2 Å². The molecule has 0 aromatic heterocycles. The number of hydrogen-bond donors (Lipinski definition) is 0. The predicted molar refractivity (Wildman–Crippen MR) is 82.5 cm³/mol. The van der Waals surface area contributed by atoms with Crippen molar-refractivity contribution in [3.63, 3.8) is 0 Å². The second-order valence-electron chi connectivity index (χ2n) is 4.61. The number of ether oxygens (including phenoxy) is 3. The topological polar surface area (TPSA) is 61.8 Å². The molecule has 1 unspecified atom stereocenters. The van der Waals surface area contributed by atoms with Crippen LogP contribution in [0.4, 0.5) is 0 Å².